The number of nitriles is 1. The number of hydrogen-bond donors (Lipinski definition) is 0. The number of carbonyl (C=O) groups is 2. The van der Waals surface area contributed by atoms with Gasteiger partial charge in [0.15, 0.2) is 23.2 Å². The van der Waals surface area contributed by atoms with E-state index in [-0.39, 0.29) is 17.1 Å². The molecule has 0 bridgehead atoms. The van der Waals surface area contributed by atoms with Crippen molar-refractivity contribution in [3.05, 3.63) is 23.8 Å². The Balaban J connectivity index is 2.24. The molecule has 0 aliphatic carbocycles. The minimum atomic E-state index is -3.04. The Labute approximate surface area is 137 Å². The number of hydrogen-bond acceptors (Lipinski definition) is 5. The Morgan fingerprint density at radius 3 is 2.46 bits per heavy atom. The summed E-state index contributed by atoms with van der Waals surface area (Å²) in [7, 11) is 1.24. The number of carbonyl (C=O) groups excluding carboxylic acids is 2. The van der Waals surface area contributed by atoms with E-state index >= 15 is 0 Å². The van der Waals surface area contributed by atoms with Crippen LogP contribution in [0.1, 0.15) is 23.2 Å². The first kappa shape index (κ1) is 17.7. The van der Waals surface area contributed by atoms with E-state index in [1.807, 2.05) is 0 Å². The van der Waals surface area contributed by atoms with Gasteiger partial charge in [-0.3, -0.25) is 9.59 Å². The molecule has 0 aromatic heterocycles. The first-order chi connectivity index (χ1) is 11.5. The van der Waals surface area contributed by atoms with Gasteiger partial charge in [0.1, 0.15) is 0 Å². The molecule has 1 amide bonds. The van der Waals surface area contributed by atoms with Crippen LogP contribution >= 0.6 is 0 Å². The van der Waals surface area contributed by atoms with Crippen molar-refractivity contribution in [3.63, 3.8) is 0 Å². The summed E-state index contributed by atoms with van der Waals surface area (Å²) in [6, 6.07) is 5.28. The van der Waals surface area contributed by atoms with E-state index in [9.17, 15) is 23.6 Å². The quantitative estimate of drug-likeness (QED) is 0.587. The zero-order valence-electron chi connectivity index (χ0n) is 13.0. The first-order valence-corrected chi connectivity index (χ1v) is 7.33. The van der Waals surface area contributed by atoms with E-state index in [2.05, 4.69) is 4.74 Å². The number of nitrogens with zero attached hydrogens (tertiary/aromatic N) is 2. The number of Topliss-reactive ketones (excluding diaryl/α,β-unsaturated/α-hetero) is 1. The van der Waals surface area contributed by atoms with Crippen LogP contribution in [0.5, 0.6) is 11.5 Å². The summed E-state index contributed by atoms with van der Waals surface area (Å²) in [5.41, 5.74) is 0.0209. The monoisotopic (exact) mass is 338 g/mol. The fourth-order valence-corrected chi connectivity index (χ4v) is 2.53. The summed E-state index contributed by atoms with van der Waals surface area (Å²) >= 11 is 0. The molecule has 0 radical (unpaired) electrons. The standard InChI is InChI=1S/C16H16F2N2O4/c1-23-13-8-10(4-5-12(13)24-16(17)18)14(21)11(9-19)15(22)20-6-2-3-7-20/h4-5,8,11,16H,2-3,6-7H2,1H3/t11-/m0/s1. The maximum Gasteiger partial charge on any atom is 0.387 e. The Hall–Kier alpha value is -2.69. The SMILES string of the molecule is COc1cc(C(=O)[C@H](C#N)C(=O)N2CCCC2)ccc1OC(F)F. The van der Waals surface area contributed by atoms with E-state index in [0.717, 1.165) is 18.9 Å². The number of ether oxygens (including phenoxy) is 2. The first-order valence-electron chi connectivity index (χ1n) is 7.33. The predicted octanol–water partition coefficient (Wildman–Crippen LogP) is 2.24. The second kappa shape index (κ2) is 7.73. The average molecular weight is 338 g/mol. The lowest BCUT2D eigenvalue weighted by Crippen LogP contribution is -2.37. The Morgan fingerprint density at radius 1 is 1.25 bits per heavy atom. The topological polar surface area (TPSA) is 79.6 Å². The van der Waals surface area contributed by atoms with E-state index in [0.29, 0.717) is 13.1 Å². The van der Waals surface area contributed by atoms with Crippen molar-refractivity contribution in [1.82, 2.24) is 4.90 Å². The lowest BCUT2D eigenvalue weighted by atomic mass is 9.97. The van der Waals surface area contributed by atoms with Gasteiger partial charge in [0.25, 0.3) is 0 Å². The molecule has 1 atom stereocenters. The minimum absolute atomic E-state index is 0.0209. The van der Waals surface area contributed by atoms with Gasteiger partial charge in [-0.1, -0.05) is 0 Å². The van der Waals surface area contributed by atoms with E-state index in [1.165, 1.54) is 24.1 Å². The number of benzene rings is 1. The summed E-state index contributed by atoms with van der Waals surface area (Å²) in [5, 5.41) is 9.22. The maximum atomic E-state index is 12.5. The number of likely N-dealkylation sites (tertiary alicyclic amines) is 1. The van der Waals surface area contributed by atoms with Crippen LogP contribution in [0.3, 0.4) is 0 Å². The smallest absolute Gasteiger partial charge is 0.387 e. The summed E-state index contributed by atoms with van der Waals surface area (Å²) in [6.45, 7) is -1.99. The fourth-order valence-electron chi connectivity index (χ4n) is 2.53. The van der Waals surface area contributed by atoms with Crippen LogP contribution in [0, 0.1) is 17.2 Å². The van der Waals surface area contributed by atoms with Gasteiger partial charge in [-0.25, -0.2) is 0 Å². The van der Waals surface area contributed by atoms with Crippen molar-refractivity contribution < 1.29 is 27.8 Å². The highest BCUT2D eigenvalue weighted by molar-refractivity contribution is 6.12. The molecule has 1 fully saturated rings. The van der Waals surface area contributed by atoms with Gasteiger partial charge in [0.2, 0.25) is 5.91 Å². The van der Waals surface area contributed by atoms with Crippen LogP contribution in [0.4, 0.5) is 8.78 Å². The Morgan fingerprint density at radius 2 is 1.92 bits per heavy atom. The highest BCUT2D eigenvalue weighted by Gasteiger charge is 2.33. The van der Waals surface area contributed by atoms with Crippen molar-refractivity contribution in [2.75, 3.05) is 20.2 Å². The van der Waals surface area contributed by atoms with Gasteiger partial charge in [0, 0.05) is 18.7 Å². The Kier molecular flexibility index (Phi) is 5.68. The molecule has 1 aliphatic heterocycles. The lowest BCUT2D eigenvalue weighted by molar-refractivity contribution is -0.131. The highest BCUT2D eigenvalue weighted by Crippen LogP contribution is 2.30. The minimum Gasteiger partial charge on any atom is -0.493 e. The van der Waals surface area contributed by atoms with Crippen LogP contribution in [0.2, 0.25) is 0 Å². The number of alkyl halides is 2. The summed E-state index contributed by atoms with van der Waals surface area (Å²) < 4.78 is 33.8. The highest BCUT2D eigenvalue weighted by atomic mass is 19.3. The summed E-state index contributed by atoms with van der Waals surface area (Å²) in [5.74, 6) is -3.01. The molecular weight excluding hydrogens is 322 g/mol. The van der Waals surface area contributed by atoms with Gasteiger partial charge in [0.05, 0.1) is 13.2 Å². The van der Waals surface area contributed by atoms with Crippen molar-refractivity contribution in [3.8, 4) is 17.6 Å². The molecule has 8 heteroatoms. The molecule has 1 saturated heterocycles. The van der Waals surface area contributed by atoms with Gasteiger partial charge in [-0.15, -0.1) is 0 Å². The lowest BCUT2D eigenvalue weighted by Gasteiger charge is -2.18. The molecule has 128 valence electrons. The molecule has 0 saturated carbocycles. The number of methoxy groups -OCH3 is 1. The number of halogens is 2. The van der Waals surface area contributed by atoms with Crippen molar-refractivity contribution in [1.29, 1.82) is 5.26 Å². The van der Waals surface area contributed by atoms with E-state index in [4.69, 9.17) is 4.74 Å². The third kappa shape index (κ3) is 3.79. The Bertz CT molecular complexity index is 667. The van der Waals surface area contributed by atoms with Gasteiger partial charge >= 0.3 is 6.61 Å². The molecule has 1 aliphatic rings. The maximum absolute atomic E-state index is 12.5. The van der Waals surface area contributed by atoms with Gasteiger partial charge < -0.3 is 14.4 Å². The number of amides is 1. The molecule has 0 unspecified atom stereocenters. The van der Waals surface area contributed by atoms with E-state index < -0.39 is 24.2 Å². The van der Waals surface area contributed by atoms with E-state index in [1.54, 1.807) is 6.07 Å². The normalized spacial score (nSPS) is 15.0. The second-order valence-corrected chi connectivity index (χ2v) is 5.20. The van der Waals surface area contributed by atoms with Crippen LogP contribution in [0.15, 0.2) is 18.2 Å². The van der Waals surface area contributed by atoms with Crippen molar-refractivity contribution in [2.45, 2.75) is 19.5 Å². The molecular formula is C16H16F2N2O4. The largest absolute Gasteiger partial charge is 0.493 e. The molecule has 1 aromatic carbocycles. The fraction of sp³-hybridized carbons (Fsp3) is 0.438. The molecule has 1 aromatic rings. The van der Waals surface area contributed by atoms with Crippen LogP contribution in [-0.2, 0) is 4.79 Å². The third-order valence-electron chi connectivity index (χ3n) is 3.72. The average Bonchev–Trinajstić information content (AvgIpc) is 3.09. The zero-order valence-corrected chi connectivity index (χ0v) is 13.0. The van der Waals surface area contributed by atoms with Crippen molar-refractivity contribution >= 4 is 11.7 Å². The summed E-state index contributed by atoms with van der Waals surface area (Å²) in [6.07, 6.45) is 1.68. The third-order valence-corrected chi connectivity index (χ3v) is 3.72. The molecule has 6 nitrogen and oxygen atoms in total. The molecule has 0 spiro atoms. The van der Waals surface area contributed by atoms with Crippen LogP contribution in [-0.4, -0.2) is 43.4 Å². The van der Waals surface area contributed by atoms with Gasteiger partial charge in [-0.2, -0.15) is 14.0 Å². The zero-order chi connectivity index (χ0) is 17.7. The van der Waals surface area contributed by atoms with Crippen LogP contribution in [0.25, 0.3) is 0 Å². The predicted molar refractivity (Wildman–Crippen MR) is 78.9 cm³/mol. The molecule has 2 rings (SSSR count). The van der Waals surface area contributed by atoms with Crippen LogP contribution < -0.4 is 9.47 Å². The second-order valence-electron chi connectivity index (χ2n) is 5.20. The molecule has 24 heavy (non-hydrogen) atoms. The molecule has 1 heterocycles. The summed E-state index contributed by atoms with van der Waals surface area (Å²) in [4.78, 5) is 26.2. The number of ketones is 1. The molecule has 0 N–H and O–H groups in total. The van der Waals surface area contributed by atoms with Gasteiger partial charge in [-0.05, 0) is 31.0 Å². The number of rotatable bonds is 6. The van der Waals surface area contributed by atoms with Crippen molar-refractivity contribution in [2.24, 2.45) is 5.92 Å².